The van der Waals surface area contributed by atoms with Crippen molar-refractivity contribution in [3.63, 3.8) is 0 Å². The highest BCUT2D eigenvalue weighted by Crippen LogP contribution is 2.31. The zero-order valence-corrected chi connectivity index (χ0v) is 24.7. The summed E-state index contributed by atoms with van der Waals surface area (Å²) in [6, 6.07) is 2.50. The molecule has 2 saturated heterocycles. The van der Waals surface area contributed by atoms with E-state index in [4.69, 9.17) is 10.5 Å². The summed E-state index contributed by atoms with van der Waals surface area (Å²) in [5.74, 6) is -0.607. The van der Waals surface area contributed by atoms with Crippen molar-refractivity contribution in [1.29, 1.82) is 0 Å². The Morgan fingerprint density at radius 2 is 1.93 bits per heavy atom. The van der Waals surface area contributed by atoms with Crippen molar-refractivity contribution >= 4 is 23.0 Å². The van der Waals surface area contributed by atoms with Gasteiger partial charge < -0.3 is 30.2 Å². The van der Waals surface area contributed by atoms with Crippen LogP contribution in [-0.4, -0.2) is 100 Å². The van der Waals surface area contributed by atoms with Crippen LogP contribution in [0.4, 0.5) is 14.7 Å². The van der Waals surface area contributed by atoms with Gasteiger partial charge in [-0.3, -0.25) is 10.1 Å². The van der Waals surface area contributed by atoms with Gasteiger partial charge >= 0.3 is 5.97 Å². The fourth-order valence-electron chi connectivity index (χ4n) is 6.10. The Morgan fingerprint density at radius 3 is 2.62 bits per heavy atom. The third kappa shape index (κ3) is 6.54. The molecule has 11 nitrogen and oxygen atoms in total. The molecule has 13 heteroatoms. The lowest BCUT2D eigenvalue weighted by molar-refractivity contribution is -0.141. The largest absolute Gasteiger partial charge is 0.469 e. The molecule has 2 aliphatic rings. The van der Waals surface area contributed by atoms with Crippen LogP contribution in [0.15, 0.2) is 18.3 Å². The highest BCUT2D eigenvalue weighted by molar-refractivity contribution is 5.83. The standard InChI is InChI=1S/C29H41F2N9O2/c1-5-38-6-8-39(9-7-38)16-20-14-33-25(13-23(20)32)36-29-34-15-22(31)27(37-29)19-11-21(30)28-24(12-19)40(18(3)35-28)17(2)10-26(41)42-4/h11-12,15,17,20,23,25,33H,5-10,13-14,16,32H2,1-4H3,(H,34,36,37)/t17-,20-,23-,25-/m1/s1. The minimum Gasteiger partial charge on any atom is -0.469 e. The van der Waals surface area contributed by atoms with E-state index in [-0.39, 0.29) is 47.4 Å². The van der Waals surface area contributed by atoms with Crippen molar-refractivity contribution in [2.45, 2.75) is 51.9 Å². The van der Waals surface area contributed by atoms with Crippen molar-refractivity contribution in [2.75, 3.05) is 58.2 Å². The molecule has 2 aliphatic heterocycles. The summed E-state index contributed by atoms with van der Waals surface area (Å²) < 4.78 is 36.8. The third-order valence-electron chi connectivity index (χ3n) is 8.52. The van der Waals surface area contributed by atoms with Gasteiger partial charge in [0.1, 0.15) is 17.0 Å². The quantitative estimate of drug-likeness (QED) is 0.323. The highest BCUT2D eigenvalue weighted by atomic mass is 19.1. The van der Waals surface area contributed by atoms with Crippen molar-refractivity contribution in [1.82, 2.24) is 34.6 Å². The maximum Gasteiger partial charge on any atom is 0.307 e. The number of aryl methyl sites for hydroxylation is 1. The molecule has 0 radical (unpaired) electrons. The molecule has 0 bridgehead atoms. The molecule has 4 atom stereocenters. The molecule has 0 unspecified atom stereocenters. The number of hydrogen-bond donors (Lipinski definition) is 3. The summed E-state index contributed by atoms with van der Waals surface area (Å²) in [6.07, 6.45) is 1.63. The second kappa shape index (κ2) is 12.9. The predicted molar refractivity (Wildman–Crippen MR) is 157 cm³/mol. The molecule has 0 spiro atoms. The average molecular weight is 586 g/mol. The van der Waals surface area contributed by atoms with Crippen LogP contribution in [0, 0.1) is 24.5 Å². The lowest BCUT2D eigenvalue weighted by Crippen LogP contribution is -2.57. The Balaban J connectivity index is 1.30. The van der Waals surface area contributed by atoms with Gasteiger partial charge in [-0.25, -0.2) is 23.7 Å². The van der Waals surface area contributed by atoms with E-state index in [1.165, 1.54) is 13.2 Å². The Kier molecular flexibility index (Phi) is 9.31. The van der Waals surface area contributed by atoms with Crippen LogP contribution in [0.5, 0.6) is 0 Å². The predicted octanol–water partition coefficient (Wildman–Crippen LogP) is 2.52. The van der Waals surface area contributed by atoms with E-state index in [9.17, 15) is 4.79 Å². The van der Waals surface area contributed by atoms with Crippen LogP contribution in [0.3, 0.4) is 0 Å². The molecular weight excluding hydrogens is 544 g/mol. The monoisotopic (exact) mass is 585 g/mol. The maximum atomic E-state index is 15.2. The fourth-order valence-corrected chi connectivity index (χ4v) is 6.10. The summed E-state index contributed by atoms with van der Waals surface area (Å²) in [4.78, 5) is 29.7. The van der Waals surface area contributed by atoms with Crippen molar-refractivity contribution in [3.8, 4) is 11.3 Å². The molecule has 2 aromatic heterocycles. The number of rotatable bonds is 9. The number of piperazine rings is 1. The molecule has 0 aliphatic carbocycles. The third-order valence-corrected chi connectivity index (χ3v) is 8.52. The summed E-state index contributed by atoms with van der Waals surface area (Å²) >= 11 is 0. The number of aromatic nitrogens is 4. The summed E-state index contributed by atoms with van der Waals surface area (Å²) in [6.45, 7) is 12.8. The molecule has 0 saturated carbocycles. The number of esters is 1. The van der Waals surface area contributed by atoms with Gasteiger partial charge in [0.25, 0.3) is 0 Å². The number of nitrogens with zero attached hydrogens (tertiary/aromatic N) is 6. The molecule has 4 N–H and O–H groups in total. The van der Waals surface area contributed by atoms with Crippen LogP contribution in [0.1, 0.15) is 38.6 Å². The number of methoxy groups -OCH3 is 1. The molecule has 42 heavy (non-hydrogen) atoms. The Bertz CT molecular complexity index is 1410. The van der Waals surface area contributed by atoms with Crippen LogP contribution in [0.25, 0.3) is 22.3 Å². The van der Waals surface area contributed by atoms with Gasteiger partial charge in [-0.15, -0.1) is 0 Å². The van der Waals surface area contributed by atoms with E-state index in [1.807, 2.05) is 6.92 Å². The number of imidazole rings is 1. The number of carbonyl (C=O) groups is 1. The Hall–Kier alpha value is -3.26. The van der Waals surface area contributed by atoms with Crippen molar-refractivity contribution in [3.05, 3.63) is 35.8 Å². The highest BCUT2D eigenvalue weighted by Gasteiger charge is 2.30. The number of fused-ring (bicyclic) bond motifs is 1. The molecule has 4 heterocycles. The van der Waals surface area contributed by atoms with Gasteiger partial charge in [0, 0.05) is 56.9 Å². The first-order valence-electron chi connectivity index (χ1n) is 14.6. The number of likely N-dealkylation sites (N-methyl/N-ethyl adjacent to an activating group) is 1. The van der Waals surface area contributed by atoms with E-state index in [0.29, 0.717) is 23.7 Å². The topological polar surface area (TPSA) is 126 Å². The molecule has 3 aromatic rings. The van der Waals surface area contributed by atoms with E-state index >= 15 is 8.78 Å². The average Bonchev–Trinajstić information content (AvgIpc) is 3.32. The summed E-state index contributed by atoms with van der Waals surface area (Å²) in [7, 11) is 1.32. The number of ether oxygens (including phenoxy) is 1. The van der Waals surface area contributed by atoms with Gasteiger partial charge in [0.2, 0.25) is 5.95 Å². The number of benzene rings is 1. The first-order valence-corrected chi connectivity index (χ1v) is 14.6. The van der Waals surface area contributed by atoms with Gasteiger partial charge in [0.05, 0.1) is 31.4 Å². The van der Waals surface area contributed by atoms with E-state index in [0.717, 1.165) is 52.0 Å². The normalized spacial score (nSPS) is 22.8. The second-order valence-electron chi connectivity index (χ2n) is 11.4. The Morgan fingerprint density at radius 1 is 1.19 bits per heavy atom. The lowest BCUT2D eigenvalue weighted by Gasteiger charge is -2.40. The van der Waals surface area contributed by atoms with E-state index in [2.05, 4.69) is 42.3 Å². The first kappa shape index (κ1) is 30.2. The lowest BCUT2D eigenvalue weighted by atomic mass is 9.91. The number of hydrogen-bond acceptors (Lipinski definition) is 10. The number of anilines is 1. The second-order valence-corrected chi connectivity index (χ2v) is 11.4. The van der Waals surface area contributed by atoms with Gasteiger partial charge in [0.15, 0.2) is 11.6 Å². The van der Waals surface area contributed by atoms with E-state index < -0.39 is 17.6 Å². The maximum absolute atomic E-state index is 15.2. The zero-order chi connectivity index (χ0) is 30.0. The fraction of sp³-hybridized carbons (Fsp3) is 0.586. The number of piperidine rings is 1. The number of carbonyl (C=O) groups excluding carboxylic acids is 1. The van der Waals surface area contributed by atoms with Gasteiger partial charge in [-0.2, -0.15) is 0 Å². The number of nitrogens with two attached hydrogens (primary N) is 1. The van der Waals surface area contributed by atoms with E-state index in [1.54, 1.807) is 17.6 Å². The first-order chi connectivity index (χ1) is 20.2. The molecule has 2 fully saturated rings. The van der Waals surface area contributed by atoms with Crippen LogP contribution in [0.2, 0.25) is 0 Å². The molecule has 0 amide bonds. The van der Waals surface area contributed by atoms with Crippen LogP contribution >= 0.6 is 0 Å². The zero-order valence-electron chi connectivity index (χ0n) is 24.7. The SMILES string of the molecule is CCN1CCN(C[C@H]2CN[C@H](Nc3ncc(F)c(-c4cc(F)c5nc(C)n([C@H](C)CC(=O)OC)c5c4)n3)C[C@H]2N)CC1. The van der Waals surface area contributed by atoms with Gasteiger partial charge in [-0.1, -0.05) is 6.92 Å². The number of halogens is 2. The van der Waals surface area contributed by atoms with Gasteiger partial charge in [-0.05, 0) is 44.9 Å². The minimum absolute atomic E-state index is 0.0140. The molecule has 228 valence electrons. The van der Waals surface area contributed by atoms with Crippen LogP contribution in [-0.2, 0) is 9.53 Å². The smallest absolute Gasteiger partial charge is 0.307 e. The molecule has 5 rings (SSSR count). The van der Waals surface area contributed by atoms with Crippen LogP contribution < -0.4 is 16.4 Å². The minimum atomic E-state index is -0.679. The van der Waals surface area contributed by atoms with Crippen molar-refractivity contribution in [2.24, 2.45) is 11.7 Å². The summed E-state index contributed by atoms with van der Waals surface area (Å²) in [5, 5.41) is 6.73. The number of nitrogens with one attached hydrogen (secondary N) is 2. The molecule has 1 aromatic carbocycles. The molecular formula is C29H41F2N9O2. The summed E-state index contributed by atoms with van der Waals surface area (Å²) in [5.41, 5.74) is 7.37. The van der Waals surface area contributed by atoms with Crippen molar-refractivity contribution < 1.29 is 18.3 Å². The Labute approximate surface area is 244 Å².